The summed E-state index contributed by atoms with van der Waals surface area (Å²) in [5, 5.41) is 16.2. The minimum Gasteiger partial charge on any atom is -0.393 e. The summed E-state index contributed by atoms with van der Waals surface area (Å²) in [5.41, 5.74) is 3.44. The van der Waals surface area contributed by atoms with E-state index in [4.69, 9.17) is 5.14 Å². The van der Waals surface area contributed by atoms with Gasteiger partial charge >= 0.3 is 0 Å². The summed E-state index contributed by atoms with van der Waals surface area (Å²) in [4.78, 5) is 4.29. The molecule has 0 aliphatic carbocycles. The van der Waals surface area contributed by atoms with Crippen molar-refractivity contribution in [2.75, 3.05) is 13.1 Å². The summed E-state index contributed by atoms with van der Waals surface area (Å²) in [6, 6.07) is 8.27. The highest BCUT2D eigenvalue weighted by molar-refractivity contribution is 7.86. The molecule has 2 aliphatic heterocycles. The zero-order valence-electron chi connectivity index (χ0n) is 14.5. The maximum Gasteiger partial charge on any atom is 0.276 e. The van der Waals surface area contributed by atoms with Crippen LogP contribution in [0.2, 0.25) is 0 Å². The molecule has 3 unspecified atom stereocenters. The zero-order valence-corrected chi connectivity index (χ0v) is 15.3. The number of aliphatic hydroxyl groups is 1. The van der Waals surface area contributed by atoms with Gasteiger partial charge in [-0.15, -0.1) is 0 Å². The molecule has 0 bridgehead atoms. The average Bonchev–Trinajstić information content (AvgIpc) is 3.18. The molecule has 140 valence electrons. The van der Waals surface area contributed by atoms with Crippen LogP contribution in [0.25, 0.3) is 11.3 Å². The monoisotopic (exact) mass is 376 g/mol. The number of hydrogen-bond acceptors (Lipinski definition) is 4. The molecule has 8 heteroatoms. The third-order valence-corrected chi connectivity index (χ3v) is 6.73. The molecule has 0 radical (unpaired) electrons. The molecule has 3 atom stereocenters. The van der Waals surface area contributed by atoms with Crippen molar-refractivity contribution in [1.29, 1.82) is 0 Å². The SMILES string of the molecule is NS(=O)(=O)N1CCCCC(C2c3ccccc3-c3cncn32)C(O)CC1. The molecule has 3 heterocycles. The molecule has 0 amide bonds. The number of hydrogen-bond donors (Lipinski definition) is 2. The lowest BCUT2D eigenvalue weighted by Crippen LogP contribution is -2.39. The van der Waals surface area contributed by atoms with Crippen LogP contribution in [0.4, 0.5) is 0 Å². The van der Waals surface area contributed by atoms with Crippen LogP contribution in [-0.4, -0.2) is 46.6 Å². The first-order chi connectivity index (χ1) is 12.5. The van der Waals surface area contributed by atoms with E-state index in [2.05, 4.69) is 21.7 Å². The first-order valence-electron chi connectivity index (χ1n) is 9.04. The largest absolute Gasteiger partial charge is 0.393 e. The van der Waals surface area contributed by atoms with Crippen molar-refractivity contribution in [3.63, 3.8) is 0 Å². The molecule has 0 saturated carbocycles. The lowest BCUT2D eigenvalue weighted by molar-refractivity contribution is 0.0717. The smallest absolute Gasteiger partial charge is 0.276 e. The van der Waals surface area contributed by atoms with Crippen LogP contribution in [0.15, 0.2) is 36.8 Å². The van der Waals surface area contributed by atoms with Crippen LogP contribution in [0.3, 0.4) is 0 Å². The summed E-state index contributed by atoms with van der Waals surface area (Å²) in [5.74, 6) is 0.00651. The minimum absolute atomic E-state index is 0.00651. The van der Waals surface area contributed by atoms with Gasteiger partial charge in [-0.05, 0) is 24.8 Å². The van der Waals surface area contributed by atoms with Gasteiger partial charge in [-0.2, -0.15) is 12.7 Å². The highest BCUT2D eigenvalue weighted by atomic mass is 32.2. The Morgan fingerprint density at radius 3 is 2.77 bits per heavy atom. The standard InChI is InChI=1S/C18H24N4O3S/c19-26(24,25)21-9-4-3-7-15(17(23)8-10-21)18-14-6-2-1-5-13(14)16-11-20-12-22(16)18/h1-2,5-6,11-12,15,17-18,23H,3-4,7-10H2,(H2,19,24,25). The molecule has 0 spiro atoms. The van der Waals surface area contributed by atoms with E-state index in [-0.39, 0.29) is 18.5 Å². The molecule has 2 aromatic rings. The van der Waals surface area contributed by atoms with E-state index < -0.39 is 16.3 Å². The quantitative estimate of drug-likeness (QED) is 0.829. The van der Waals surface area contributed by atoms with Gasteiger partial charge in [0.1, 0.15) is 0 Å². The molecule has 1 aromatic carbocycles. The third-order valence-electron chi connectivity index (χ3n) is 5.65. The number of nitrogens with two attached hydrogens (primary N) is 1. The van der Waals surface area contributed by atoms with Crippen LogP contribution in [0.5, 0.6) is 0 Å². The van der Waals surface area contributed by atoms with Crippen molar-refractivity contribution in [3.05, 3.63) is 42.4 Å². The maximum absolute atomic E-state index is 11.7. The Morgan fingerprint density at radius 1 is 1.15 bits per heavy atom. The molecule has 1 fully saturated rings. The summed E-state index contributed by atoms with van der Waals surface area (Å²) >= 11 is 0. The van der Waals surface area contributed by atoms with E-state index in [0.717, 1.165) is 30.5 Å². The van der Waals surface area contributed by atoms with Crippen molar-refractivity contribution >= 4 is 10.2 Å². The summed E-state index contributed by atoms with van der Waals surface area (Å²) < 4.78 is 26.8. The Hall–Kier alpha value is -1.74. The first kappa shape index (κ1) is 17.7. The van der Waals surface area contributed by atoms with Gasteiger partial charge in [0.25, 0.3) is 10.2 Å². The summed E-state index contributed by atoms with van der Waals surface area (Å²) in [7, 11) is -3.72. The van der Waals surface area contributed by atoms with Gasteiger partial charge in [0, 0.05) is 24.6 Å². The molecule has 26 heavy (non-hydrogen) atoms. The molecule has 4 rings (SSSR count). The van der Waals surface area contributed by atoms with Gasteiger partial charge in [0.15, 0.2) is 0 Å². The summed E-state index contributed by atoms with van der Waals surface area (Å²) in [6.07, 6.45) is 5.88. The molecule has 2 aliphatic rings. The Kier molecular flexibility index (Phi) is 4.60. The van der Waals surface area contributed by atoms with Crippen LogP contribution in [-0.2, 0) is 10.2 Å². The highest BCUT2D eigenvalue weighted by Crippen LogP contribution is 2.45. The lowest BCUT2D eigenvalue weighted by atomic mass is 9.83. The van der Waals surface area contributed by atoms with Crippen molar-refractivity contribution < 1.29 is 13.5 Å². The molecular weight excluding hydrogens is 352 g/mol. The molecule has 1 saturated heterocycles. The van der Waals surface area contributed by atoms with Crippen LogP contribution in [0.1, 0.15) is 37.3 Å². The molecule has 7 nitrogen and oxygen atoms in total. The topological polar surface area (TPSA) is 101 Å². The second-order valence-corrected chi connectivity index (χ2v) is 8.72. The minimum atomic E-state index is -3.72. The Balaban J connectivity index is 1.65. The van der Waals surface area contributed by atoms with Crippen molar-refractivity contribution in [2.45, 2.75) is 37.8 Å². The van der Waals surface area contributed by atoms with Crippen LogP contribution in [0, 0.1) is 5.92 Å². The number of imidazole rings is 1. The Labute approximate surface area is 153 Å². The fourth-order valence-corrected chi connectivity index (χ4v) is 5.14. The first-order valence-corrected chi connectivity index (χ1v) is 10.5. The van der Waals surface area contributed by atoms with Gasteiger partial charge < -0.3 is 9.67 Å². The Bertz CT molecular complexity index is 895. The fraction of sp³-hybridized carbons (Fsp3) is 0.500. The highest BCUT2D eigenvalue weighted by Gasteiger charge is 2.38. The summed E-state index contributed by atoms with van der Waals surface area (Å²) in [6.45, 7) is 0.664. The zero-order chi connectivity index (χ0) is 18.3. The number of aromatic nitrogens is 2. The third kappa shape index (κ3) is 3.07. The van der Waals surface area contributed by atoms with Crippen molar-refractivity contribution in [3.8, 4) is 11.3 Å². The van der Waals surface area contributed by atoms with Gasteiger partial charge in [0.2, 0.25) is 0 Å². The predicted molar refractivity (Wildman–Crippen MR) is 98.4 cm³/mol. The van der Waals surface area contributed by atoms with Gasteiger partial charge in [-0.3, -0.25) is 0 Å². The molecule has 3 N–H and O–H groups in total. The molecular formula is C18H24N4O3S. The second kappa shape index (κ2) is 6.77. The second-order valence-electron chi connectivity index (χ2n) is 7.18. The average molecular weight is 376 g/mol. The van der Waals surface area contributed by atoms with E-state index in [0.29, 0.717) is 13.0 Å². The van der Waals surface area contributed by atoms with E-state index in [9.17, 15) is 13.5 Å². The number of rotatable bonds is 2. The van der Waals surface area contributed by atoms with E-state index in [1.807, 2.05) is 24.7 Å². The van der Waals surface area contributed by atoms with Gasteiger partial charge in [-0.25, -0.2) is 10.1 Å². The molecule has 1 aromatic heterocycles. The normalized spacial score (nSPS) is 27.2. The predicted octanol–water partition coefficient (Wildman–Crippen LogP) is 1.51. The number of benzene rings is 1. The lowest BCUT2D eigenvalue weighted by Gasteiger charge is -2.30. The Morgan fingerprint density at radius 2 is 1.96 bits per heavy atom. The van der Waals surface area contributed by atoms with Crippen LogP contribution < -0.4 is 5.14 Å². The van der Waals surface area contributed by atoms with E-state index >= 15 is 0 Å². The van der Waals surface area contributed by atoms with E-state index in [1.165, 1.54) is 9.87 Å². The van der Waals surface area contributed by atoms with Crippen molar-refractivity contribution in [1.82, 2.24) is 13.9 Å². The number of fused-ring (bicyclic) bond motifs is 3. The van der Waals surface area contributed by atoms with E-state index in [1.54, 1.807) is 0 Å². The van der Waals surface area contributed by atoms with Gasteiger partial charge in [0.05, 0.1) is 30.4 Å². The van der Waals surface area contributed by atoms with Crippen molar-refractivity contribution in [2.24, 2.45) is 11.1 Å². The van der Waals surface area contributed by atoms with Crippen LogP contribution >= 0.6 is 0 Å². The number of nitrogens with zero attached hydrogens (tertiary/aromatic N) is 3. The fourth-order valence-electron chi connectivity index (χ4n) is 4.40. The maximum atomic E-state index is 11.7. The van der Waals surface area contributed by atoms with Gasteiger partial charge in [-0.1, -0.05) is 30.7 Å². The number of aliphatic hydroxyl groups excluding tert-OH is 1.